The van der Waals surface area contributed by atoms with E-state index in [2.05, 4.69) is 11.3 Å². The van der Waals surface area contributed by atoms with Gasteiger partial charge in [0.05, 0.1) is 4.92 Å². The number of carbonyl (C=O) groups is 2. The van der Waals surface area contributed by atoms with Crippen LogP contribution in [-0.4, -0.2) is 38.3 Å². The molecule has 0 fully saturated rings. The predicted octanol–water partition coefficient (Wildman–Crippen LogP) is 1.04. The average Bonchev–Trinajstić information content (AvgIpc) is 2.74. The molecule has 0 spiro atoms. The molecule has 13 heteroatoms. The lowest BCUT2D eigenvalue weighted by atomic mass is 10.2. The van der Waals surface area contributed by atoms with Crippen LogP contribution in [0.25, 0.3) is 0 Å². The number of amides is 2. The Kier molecular flexibility index (Phi) is 7.76. The summed E-state index contributed by atoms with van der Waals surface area (Å²) in [6.07, 6.45) is 1.26. The van der Waals surface area contributed by atoms with Gasteiger partial charge in [0.2, 0.25) is 10.0 Å². The number of benzene rings is 2. The van der Waals surface area contributed by atoms with Crippen LogP contribution in [0.2, 0.25) is 0 Å². The van der Waals surface area contributed by atoms with Gasteiger partial charge < -0.3 is 4.74 Å². The first-order valence-electron chi connectivity index (χ1n) is 8.51. The van der Waals surface area contributed by atoms with Crippen LogP contribution in [0.5, 0.6) is 5.75 Å². The van der Waals surface area contributed by atoms with Gasteiger partial charge in [0.25, 0.3) is 11.8 Å². The summed E-state index contributed by atoms with van der Waals surface area (Å²) in [6, 6.07) is 8.00. The van der Waals surface area contributed by atoms with Crippen molar-refractivity contribution < 1.29 is 32.1 Å². The van der Waals surface area contributed by atoms with Crippen LogP contribution in [0, 0.1) is 15.9 Å². The molecule has 2 rings (SSSR count). The Morgan fingerprint density at radius 3 is 2.58 bits per heavy atom. The number of nitrogens with one attached hydrogen (secondary N) is 3. The number of halogens is 1. The number of hydrazine groups is 1. The van der Waals surface area contributed by atoms with E-state index in [0.717, 1.165) is 18.2 Å². The fourth-order valence-corrected chi connectivity index (χ4v) is 3.30. The molecule has 0 aliphatic carbocycles. The number of hydrogen-bond donors (Lipinski definition) is 3. The number of ether oxygens (including phenoxy) is 1. The van der Waals surface area contributed by atoms with E-state index in [0.29, 0.717) is 0 Å². The molecule has 0 saturated carbocycles. The van der Waals surface area contributed by atoms with Crippen LogP contribution < -0.4 is 20.3 Å². The summed E-state index contributed by atoms with van der Waals surface area (Å²) in [5.74, 6) is -3.00. The molecule has 2 aromatic carbocycles. The first-order valence-corrected chi connectivity index (χ1v) is 9.99. The van der Waals surface area contributed by atoms with Crippen LogP contribution in [0.15, 0.2) is 60.0 Å². The maximum Gasteiger partial charge on any atom is 0.310 e. The van der Waals surface area contributed by atoms with Crippen molar-refractivity contribution in [3.63, 3.8) is 0 Å². The third-order valence-electron chi connectivity index (χ3n) is 3.64. The Bertz CT molecular complexity index is 1120. The van der Waals surface area contributed by atoms with Crippen LogP contribution in [0.1, 0.15) is 10.4 Å². The fraction of sp³-hybridized carbons (Fsp3) is 0.111. The van der Waals surface area contributed by atoms with E-state index in [1.54, 1.807) is 0 Å². The van der Waals surface area contributed by atoms with Crippen molar-refractivity contribution >= 4 is 27.5 Å². The van der Waals surface area contributed by atoms with Gasteiger partial charge in [-0.05, 0) is 24.3 Å². The molecule has 0 heterocycles. The van der Waals surface area contributed by atoms with Crippen LogP contribution in [-0.2, 0) is 14.8 Å². The van der Waals surface area contributed by atoms with E-state index in [9.17, 15) is 32.5 Å². The van der Waals surface area contributed by atoms with Crippen molar-refractivity contribution in [2.24, 2.45) is 0 Å². The summed E-state index contributed by atoms with van der Waals surface area (Å²) in [7, 11) is -4.23. The highest BCUT2D eigenvalue weighted by Gasteiger charge is 2.21. The molecule has 0 atom stereocenters. The zero-order valence-corrected chi connectivity index (χ0v) is 16.6. The van der Waals surface area contributed by atoms with Crippen molar-refractivity contribution in [2.75, 3.05) is 13.2 Å². The number of carbonyl (C=O) groups excluding carboxylic acids is 2. The number of rotatable bonds is 9. The molecule has 3 N–H and O–H groups in total. The van der Waals surface area contributed by atoms with Gasteiger partial charge >= 0.3 is 5.69 Å². The van der Waals surface area contributed by atoms with Crippen molar-refractivity contribution in [3.8, 4) is 5.75 Å². The molecule has 0 bridgehead atoms. The number of sulfonamides is 1. The molecule has 0 aromatic heterocycles. The molecule has 0 saturated heterocycles. The zero-order chi connectivity index (χ0) is 23.0. The highest BCUT2D eigenvalue weighted by molar-refractivity contribution is 7.89. The van der Waals surface area contributed by atoms with Crippen molar-refractivity contribution in [3.05, 3.63) is 76.6 Å². The molecule has 2 amide bonds. The second kappa shape index (κ2) is 10.3. The smallest absolute Gasteiger partial charge is 0.310 e. The minimum Gasteiger partial charge on any atom is -0.477 e. The van der Waals surface area contributed by atoms with Crippen molar-refractivity contribution in [2.45, 2.75) is 4.90 Å². The fourth-order valence-electron chi connectivity index (χ4n) is 2.20. The molecule has 0 unspecified atom stereocenters. The second-order valence-electron chi connectivity index (χ2n) is 5.80. The summed E-state index contributed by atoms with van der Waals surface area (Å²) in [5.41, 5.74) is 3.42. The number of nitro benzene ring substituents is 1. The highest BCUT2D eigenvalue weighted by Crippen LogP contribution is 2.25. The molecule has 0 aliphatic rings. The van der Waals surface area contributed by atoms with Gasteiger partial charge in [-0.25, -0.2) is 17.5 Å². The maximum atomic E-state index is 13.9. The average molecular weight is 452 g/mol. The standard InChI is InChI=1S/C18H17FN4O7S/c1-2-9-20-31(28,29)16-10-12(7-8-13(16)19)18(25)22-21-17(24)11-30-15-6-4-3-5-14(15)23(26)27/h2-8,10,20H,1,9,11H2,(H,21,24)(H,22,25). The summed E-state index contributed by atoms with van der Waals surface area (Å²) in [4.78, 5) is 33.5. The normalized spacial score (nSPS) is 10.7. The van der Waals surface area contributed by atoms with Gasteiger partial charge in [0.1, 0.15) is 10.7 Å². The number of nitro groups is 1. The summed E-state index contributed by atoms with van der Waals surface area (Å²) in [6.45, 7) is 2.55. The van der Waals surface area contributed by atoms with Crippen LogP contribution >= 0.6 is 0 Å². The van der Waals surface area contributed by atoms with Gasteiger partial charge in [0.15, 0.2) is 12.4 Å². The highest BCUT2D eigenvalue weighted by atomic mass is 32.2. The Labute approximate surface area is 176 Å². The van der Waals surface area contributed by atoms with E-state index in [1.165, 1.54) is 30.3 Å². The molecule has 0 aliphatic heterocycles. The van der Waals surface area contributed by atoms with Gasteiger partial charge in [0, 0.05) is 18.2 Å². The Morgan fingerprint density at radius 1 is 1.19 bits per heavy atom. The third kappa shape index (κ3) is 6.32. The number of nitrogens with zero attached hydrogens (tertiary/aromatic N) is 1. The lowest BCUT2D eigenvalue weighted by Crippen LogP contribution is -2.43. The number of para-hydroxylation sites is 2. The maximum absolute atomic E-state index is 13.9. The monoisotopic (exact) mass is 452 g/mol. The molecule has 2 aromatic rings. The van der Waals surface area contributed by atoms with E-state index in [-0.39, 0.29) is 23.5 Å². The molecule has 164 valence electrons. The van der Waals surface area contributed by atoms with E-state index < -0.39 is 44.1 Å². The van der Waals surface area contributed by atoms with E-state index >= 15 is 0 Å². The lowest BCUT2D eigenvalue weighted by molar-refractivity contribution is -0.385. The quantitative estimate of drug-likeness (QED) is 0.291. The topological polar surface area (TPSA) is 157 Å². The first-order chi connectivity index (χ1) is 14.7. The first kappa shape index (κ1) is 23.4. The minimum absolute atomic E-state index is 0.144. The molecular formula is C18H17FN4O7S. The minimum atomic E-state index is -4.23. The van der Waals surface area contributed by atoms with Crippen LogP contribution in [0.4, 0.5) is 10.1 Å². The molecule has 0 radical (unpaired) electrons. The Balaban J connectivity index is 2.00. The second-order valence-corrected chi connectivity index (χ2v) is 7.54. The van der Waals surface area contributed by atoms with Crippen molar-refractivity contribution in [1.82, 2.24) is 15.6 Å². The largest absolute Gasteiger partial charge is 0.477 e. The molecular weight excluding hydrogens is 435 g/mol. The summed E-state index contributed by atoms with van der Waals surface area (Å²) < 4.78 is 45.2. The van der Waals surface area contributed by atoms with Gasteiger partial charge in [-0.3, -0.25) is 30.6 Å². The Morgan fingerprint density at radius 2 is 1.90 bits per heavy atom. The molecule has 31 heavy (non-hydrogen) atoms. The summed E-state index contributed by atoms with van der Waals surface area (Å²) in [5, 5.41) is 10.9. The SMILES string of the molecule is C=CCNS(=O)(=O)c1cc(C(=O)NNC(=O)COc2ccccc2[N+](=O)[O-])ccc1F. The third-order valence-corrected chi connectivity index (χ3v) is 5.08. The van der Waals surface area contributed by atoms with Gasteiger partial charge in [-0.2, -0.15) is 0 Å². The van der Waals surface area contributed by atoms with E-state index in [1.807, 2.05) is 10.9 Å². The summed E-state index contributed by atoms with van der Waals surface area (Å²) >= 11 is 0. The van der Waals surface area contributed by atoms with Gasteiger partial charge in [-0.1, -0.05) is 18.2 Å². The zero-order valence-electron chi connectivity index (χ0n) is 15.8. The molecule has 11 nitrogen and oxygen atoms in total. The van der Waals surface area contributed by atoms with Gasteiger partial charge in [-0.15, -0.1) is 6.58 Å². The predicted molar refractivity (Wildman–Crippen MR) is 106 cm³/mol. The number of hydrogen-bond acceptors (Lipinski definition) is 7. The Hall–Kier alpha value is -3.84. The van der Waals surface area contributed by atoms with E-state index in [4.69, 9.17) is 4.74 Å². The lowest BCUT2D eigenvalue weighted by Gasteiger charge is -2.10. The van der Waals surface area contributed by atoms with Crippen molar-refractivity contribution in [1.29, 1.82) is 0 Å². The van der Waals surface area contributed by atoms with Crippen LogP contribution in [0.3, 0.4) is 0 Å².